The number of ether oxygens (including phenoxy) is 1. The summed E-state index contributed by atoms with van der Waals surface area (Å²) in [5.74, 6) is 0.929. The van der Waals surface area contributed by atoms with Crippen molar-refractivity contribution < 1.29 is 4.74 Å². The fourth-order valence-corrected chi connectivity index (χ4v) is 3.32. The molecule has 0 aliphatic heterocycles. The fraction of sp³-hybridized carbons (Fsp3) is 0.368. The van der Waals surface area contributed by atoms with Crippen molar-refractivity contribution in [2.24, 2.45) is 5.73 Å². The Balaban J connectivity index is 2.08. The highest BCUT2D eigenvalue weighted by molar-refractivity contribution is 5.49. The minimum absolute atomic E-state index is 0.431. The van der Waals surface area contributed by atoms with Crippen molar-refractivity contribution in [1.82, 2.24) is 0 Å². The molecule has 2 nitrogen and oxygen atoms in total. The third kappa shape index (κ3) is 2.56. The molecule has 0 aromatic heterocycles. The molecule has 0 spiro atoms. The van der Waals surface area contributed by atoms with Gasteiger partial charge in [-0.05, 0) is 42.9 Å². The fourth-order valence-electron chi connectivity index (χ4n) is 3.32. The molecule has 0 amide bonds. The standard InChI is InChI=1S/C19H23NO/c1-2-14-21-18-12-6-5-11-17(18)19(20)13-7-9-15-8-3-4-10-16(15)19/h3-6,8,10-12H,2,7,9,13-14,20H2,1H3. The van der Waals surface area contributed by atoms with Crippen molar-refractivity contribution in [2.45, 2.75) is 38.1 Å². The zero-order chi connectivity index (χ0) is 14.7. The summed E-state index contributed by atoms with van der Waals surface area (Å²) in [5.41, 5.74) is 10.2. The third-order valence-corrected chi connectivity index (χ3v) is 4.34. The summed E-state index contributed by atoms with van der Waals surface area (Å²) >= 11 is 0. The van der Waals surface area contributed by atoms with Crippen molar-refractivity contribution >= 4 is 0 Å². The lowest BCUT2D eigenvalue weighted by Crippen LogP contribution is -2.41. The van der Waals surface area contributed by atoms with Crippen LogP contribution in [0.3, 0.4) is 0 Å². The molecule has 0 fully saturated rings. The molecule has 2 aromatic rings. The lowest BCUT2D eigenvalue weighted by Gasteiger charge is -2.37. The van der Waals surface area contributed by atoms with E-state index in [1.165, 1.54) is 11.1 Å². The van der Waals surface area contributed by atoms with Gasteiger partial charge >= 0.3 is 0 Å². The molecule has 3 rings (SSSR count). The predicted molar refractivity (Wildman–Crippen MR) is 86.6 cm³/mol. The summed E-state index contributed by atoms with van der Waals surface area (Å²) in [6.07, 6.45) is 4.21. The van der Waals surface area contributed by atoms with E-state index in [1.54, 1.807) is 0 Å². The summed E-state index contributed by atoms with van der Waals surface area (Å²) < 4.78 is 5.94. The Hall–Kier alpha value is -1.80. The first kappa shape index (κ1) is 14.2. The van der Waals surface area contributed by atoms with Crippen molar-refractivity contribution in [1.29, 1.82) is 0 Å². The molecule has 0 bridgehead atoms. The number of aryl methyl sites for hydroxylation is 1. The summed E-state index contributed by atoms with van der Waals surface area (Å²) in [4.78, 5) is 0. The van der Waals surface area contributed by atoms with Gasteiger partial charge in [0, 0.05) is 5.56 Å². The van der Waals surface area contributed by atoms with Crippen LogP contribution in [-0.4, -0.2) is 6.61 Å². The van der Waals surface area contributed by atoms with Gasteiger partial charge in [-0.2, -0.15) is 0 Å². The van der Waals surface area contributed by atoms with Crippen molar-refractivity contribution in [3.8, 4) is 5.75 Å². The summed E-state index contributed by atoms with van der Waals surface area (Å²) in [6.45, 7) is 2.85. The molecular formula is C19H23NO. The Morgan fingerprint density at radius 3 is 2.57 bits per heavy atom. The largest absolute Gasteiger partial charge is 0.493 e. The molecule has 0 heterocycles. The molecule has 21 heavy (non-hydrogen) atoms. The van der Waals surface area contributed by atoms with E-state index in [2.05, 4.69) is 43.3 Å². The van der Waals surface area contributed by atoms with Crippen LogP contribution in [0.4, 0.5) is 0 Å². The number of para-hydroxylation sites is 1. The number of nitrogens with two attached hydrogens (primary N) is 1. The maximum atomic E-state index is 6.88. The summed E-state index contributed by atoms with van der Waals surface area (Å²) in [6, 6.07) is 16.8. The van der Waals surface area contributed by atoms with Crippen LogP contribution in [0.1, 0.15) is 42.9 Å². The molecular weight excluding hydrogens is 258 g/mol. The number of hydrogen-bond donors (Lipinski definition) is 1. The lowest BCUT2D eigenvalue weighted by molar-refractivity contribution is 0.304. The summed E-state index contributed by atoms with van der Waals surface area (Å²) in [5, 5.41) is 0. The second-order valence-electron chi connectivity index (χ2n) is 5.83. The van der Waals surface area contributed by atoms with Gasteiger partial charge in [0.1, 0.15) is 5.75 Å². The first-order valence-corrected chi connectivity index (χ1v) is 7.85. The molecule has 0 radical (unpaired) electrons. The highest BCUT2D eigenvalue weighted by Gasteiger charge is 2.36. The highest BCUT2D eigenvalue weighted by Crippen LogP contribution is 2.41. The molecule has 110 valence electrons. The maximum Gasteiger partial charge on any atom is 0.124 e. The predicted octanol–water partition coefficient (Wildman–Crippen LogP) is 4.01. The second kappa shape index (κ2) is 5.90. The number of benzene rings is 2. The van der Waals surface area contributed by atoms with Gasteiger partial charge in [0.25, 0.3) is 0 Å². The number of hydrogen-bond acceptors (Lipinski definition) is 2. The van der Waals surface area contributed by atoms with E-state index in [9.17, 15) is 0 Å². The van der Waals surface area contributed by atoms with Gasteiger partial charge in [0.05, 0.1) is 12.1 Å². The molecule has 2 heteroatoms. The Morgan fingerprint density at radius 1 is 1.05 bits per heavy atom. The van der Waals surface area contributed by atoms with Crippen LogP contribution in [0.25, 0.3) is 0 Å². The van der Waals surface area contributed by atoms with Crippen LogP contribution in [-0.2, 0) is 12.0 Å². The average Bonchev–Trinajstić information content (AvgIpc) is 2.54. The highest BCUT2D eigenvalue weighted by atomic mass is 16.5. The van der Waals surface area contributed by atoms with Crippen molar-refractivity contribution in [2.75, 3.05) is 6.61 Å². The molecule has 2 aromatic carbocycles. The molecule has 1 aliphatic carbocycles. The monoisotopic (exact) mass is 281 g/mol. The van der Waals surface area contributed by atoms with Gasteiger partial charge in [-0.25, -0.2) is 0 Å². The quantitative estimate of drug-likeness (QED) is 0.919. The third-order valence-electron chi connectivity index (χ3n) is 4.34. The van der Waals surface area contributed by atoms with E-state index in [1.807, 2.05) is 12.1 Å². The van der Waals surface area contributed by atoms with Gasteiger partial charge in [-0.3, -0.25) is 0 Å². The smallest absolute Gasteiger partial charge is 0.124 e. The van der Waals surface area contributed by atoms with E-state index in [0.29, 0.717) is 0 Å². The Morgan fingerprint density at radius 2 is 1.76 bits per heavy atom. The Kier molecular flexibility index (Phi) is 3.98. The van der Waals surface area contributed by atoms with E-state index >= 15 is 0 Å². The molecule has 2 N–H and O–H groups in total. The van der Waals surface area contributed by atoms with Crippen LogP contribution in [0.2, 0.25) is 0 Å². The molecule has 0 saturated heterocycles. The molecule has 0 saturated carbocycles. The SMILES string of the molecule is CCCOc1ccccc1C1(N)CCCc2ccccc21. The van der Waals surface area contributed by atoms with Crippen molar-refractivity contribution in [3.05, 3.63) is 65.2 Å². The van der Waals surface area contributed by atoms with Gasteiger partial charge in [0.2, 0.25) is 0 Å². The van der Waals surface area contributed by atoms with Gasteiger partial charge < -0.3 is 10.5 Å². The van der Waals surface area contributed by atoms with E-state index in [0.717, 1.165) is 43.6 Å². The number of rotatable bonds is 4. The zero-order valence-corrected chi connectivity index (χ0v) is 12.6. The Labute approximate surface area is 126 Å². The molecule has 1 aliphatic rings. The first-order chi connectivity index (χ1) is 10.3. The maximum absolute atomic E-state index is 6.88. The van der Waals surface area contributed by atoms with Gasteiger partial charge in [0.15, 0.2) is 0 Å². The lowest BCUT2D eigenvalue weighted by atomic mass is 9.73. The van der Waals surface area contributed by atoms with E-state index in [-0.39, 0.29) is 0 Å². The summed E-state index contributed by atoms with van der Waals surface area (Å²) in [7, 11) is 0. The zero-order valence-electron chi connectivity index (χ0n) is 12.6. The molecule has 1 unspecified atom stereocenters. The van der Waals surface area contributed by atoms with Crippen molar-refractivity contribution in [3.63, 3.8) is 0 Å². The van der Waals surface area contributed by atoms with Gasteiger partial charge in [-0.15, -0.1) is 0 Å². The average molecular weight is 281 g/mol. The van der Waals surface area contributed by atoms with Crippen LogP contribution in [0.5, 0.6) is 5.75 Å². The van der Waals surface area contributed by atoms with Crippen LogP contribution in [0.15, 0.2) is 48.5 Å². The Bertz CT molecular complexity index is 622. The van der Waals surface area contributed by atoms with Crippen LogP contribution in [0, 0.1) is 0 Å². The second-order valence-corrected chi connectivity index (χ2v) is 5.83. The van der Waals surface area contributed by atoms with Gasteiger partial charge in [-0.1, -0.05) is 49.4 Å². The molecule has 1 atom stereocenters. The van der Waals surface area contributed by atoms with Crippen LogP contribution >= 0.6 is 0 Å². The van der Waals surface area contributed by atoms with Crippen LogP contribution < -0.4 is 10.5 Å². The van der Waals surface area contributed by atoms with E-state index < -0.39 is 5.54 Å². The van der Waals surface area contributed by atoms with E-state index in [4.69, 9.17) is 10.5 Å². The number of fused-ring (bicyclic) bond motifs is 1. The minimum Gasteiger partial charge on any atom is -0.493 e. The first-order valence-electron chi connectivity index (χ1n) is 7.85. The topological polar surface area (TPSA) is 35.2 Å². The minimum atomic E-state index is -0.431. The normalized spacial score (nSPS) is 20.9.